The molecule has 1 heterocycles. The van der Waals surface area contributed by atoms with E-state index < -0.39 is 6.03 Å². The molecule has 0 radical (unpaired) electrons. The van der Waals surface area contributed by atoms with Gasteiger partial charge in [0, 0.05) is 25.4 Å². The zero-order chi connectivity index (χ0) is 9.84. The number of urea groups is 1. The molecule has 1 saturated heterocycles. The first-order chi connectivity index (χ1) is 6.19. The maximum Gasteiger partial charge on any atom is 0.314 e. The first-order valence-corrected chi connectivity index (χ1v) is 4.44. The van der Waals surface area contributed by atoms with Crippen molar-refractivity contribution in [2.24, 2.45) is 16.8 Å². The number of oxime groups is 1. The molecule has 1 fully saturated rings. The predicted molar refractivity (Wildman–Crippen MR) is 48.8 cm³/mol. The minimum atomic E-state index is -0.393. The van der Waals surface area contributed by atoms with E-state index in [-0.39, 0.29) is 5.92 Å². The van der Waals surface area contributed by atoms with E-state index in [1.54, 1.807) is 4.90 Å². The molecule has 0 aromatic carbocycles. The smallest absolute Gasteiger partial charge is 0.314 e. The first-order valence-electron chi connectivity index (χ1n) is 4.44. The highest BCUT2D eigenvalue weighted by Crippen LogP contribution is 2.16. The summed E-state index contributed by atoms with van der Waals surface area (Å²) in [5, 5.41) is 11.9. The molecular formula is C8H15N3O2. The molecule has 0 bridgehead atoms. The van der Waals surface area contributed by atoms with E-state index in [1.165, 1.54) is 0 Å². The van der Waals surface area contributed by atoms with Crippen molar-refractivity contribution >= 4 is 11.7 Å². The minimum absolute atomic E-state index is 0.159. The van der Waals surface area contributed by atoms with Gasteiger partial charge in [0.2, 0.25) is 0 Å². The lowest BCUT2D eigenvalue weighted by molar-refractivity contribution is 0.196. The lowest BCUT2D eigenvalue weighted by atomic mass is 9.93. The summed E-state index contributed by atoms with van der Waals surface area (Å²) in [7, 11) is 0. The third-order valence-corrected chi connectivity index (χ3v) is 2.48. The summed E-state index contributed by atoms with van der Waals surface area (Å²) in [6.45, 7) is 3.14. The van der Waals surface area contributed by atoms with Gasteiger partial charge < -0.3 is 15.8 Å². The van der Waals surface area contributed by atoms with Crippen LogP contribution in [-0.2, 0) is 0 Å². The normalized spacial score (nSPS) is 26.4. The lowest BCUT2D eigenvalue weighted by Crippen LogP contribution is -2.46. The van der Waals surface area contributed by atoms with Crippen LogP contribution < -0.4 is 5.73 Å². The van der Waals surface area contributed by atoms with Gasteiger partial charge in [-0.2, -0.15) is 0 Å². The molecule has 0 aromatic heterocycles. The fourth-order valence-corrected chi connectivity index (χ4v) is 1.61. The number of piperidine rings is 1. The van der Waals surface area contributed by atoms with Crippen molar-refractivity contribution in [1.82, 2.24) is 4.90 Å². The van der Waals surface area contributed by atoms with Crippen LogP contribution in [0, 0.1) is 5.92 Å². The Bertz CT molecular complexity index is 227. The first kappa shape index (κ1) is 9.83. The van der Waals surface area contributed by atoms with Crippen LogP contribution in [0.2, 0.25) is 0 Å². The van der Waals surface area contributed by atoms with E-state index in [4.69, 9.17) is 10.9 Å². The SMILES string of the molecule is CCC1CN(C(N)=O)CCC1=NO. The molecule has 1 aliphatic heterocycles. The second kappa shape index (κ2) is 4.11. The second-order valence-electron chi connectivity index (χ2n) is 3.23. The van der Waals surface area contributed by atoms with E-state index in [1.807, 2.05) is 6.92 Å². The molecule has 13 heavy (non-hydrogen) atoms. The number of hydrogen-bond donors (Lipinski definition) is 2. The van der Waals surface area contributed by atoms with Crippen molar-refractivity contribution in [2.75, 3.05) is 13.1 Å². The molecular weight excluding hydrogens is 170 g/mol. The molecule has 74 valence electrons. The molecule has 5 heteroatoms. The average molecular weight is 185 g/mol. The monoisotopic (exact) mass is 185 g/mol. The summed E-state index contributed by atoms with van der Waals surface area (Å²) in [6, 6.07) is -0.393. The molecule has 1 rings (SSSR count). The van der Waals surface area contributed by atoms with Gasteiger partial charge >= 0.3 is 6.03 Å². The highest BCUT2D eigenvalue weighted by atomic mass is 16.4. The average Bonchev–Trinajstić information content (AvgIpc) is 2.16. The molecule has 1 atom stereocenters. The Morgan fingerprint density at radius 3 is 3.00 bits per heavy atom. The molecule has 0 spiro atoms. The summed E-state index contributed by atoms with van der Waals surface area (Å²) in [6.07, 6.45) is 1.49. The summed E-state index contributed by atoms with van der Waals surface area (Å²) < 4.78 is 0. The van der Waals surface area contributed by atoms with Gasteiger partial charge in [-0.1, -0.05) is 12.1 Å². The van der Waals surface area contributed by atoms with E-state index in [0.717, 1.165) is 12.1 Å². The topological polar surface area (TPSA) is 78.9 Å². The van der Waals surface area contributed by atoms with Gasteiger partial charge in [0.1, 0.15) is 0 Å². The number of carbonyl (C=O) groups is 1. The highest BCUT2D eigenvalue weighted by Gasteiger charge is 2.26. The van der Waals surface area contributed by atoms with Crippen LogP contribution in [0.25, 0.3) is 0 Å². The maximum absolute atomic E-state index is 10.9. The Kier molecular flexibility index (Phi) is 3.11. The van der Waals surface area contributed by atoms with Crippen molar-refractivity contribution in [3.05, 3.63) is 0 Å². The summed E-state index contributed by atoms with van der Waals surface area (Å²) >= 11 is 0. The number of primary amides is 1. The number of hydrogen-bond acceptors (Lipinski definition) is 3. The number of nitrogens with two attached hydrogens (primary N) is 1. The van der Waals surface area contributed by atoms with Gasteiger partial charge in [-0.05, 0) is 6.42 Å². The third-order valence-electron chi connectivity index (χ3n) is 2.48. The number of nitrogens with zero attached hydrogens (tertiary/aromatic N) is 2. The van der Waals surface area contributed by atoms with Gasteiger partial charge in [-0.15, -0.1) is 0 Å². The van der Waals surface area contributed by atoms with Crippen molar-refractivity contribution in [3.63, 3.8) is 0 Å². The predicted octanol–water partition coefficient (Wildman–Crippen LogP) is 0.627. The van der Waals surface area contributed by atoms with Crippen molar-refractivity contribution < 1.29 is 10.0 Å². The Labute approximate surface area is 77.2 Å². The Morgan fingerprint density at radius 2 is 2.54 bits per heavy atom. The maximum atomic E-state index is 10.9. The molecule has 0 aromatic rings. The molecule has 1 unspecified atom stereocenters. The number of carbonyl (C=O) groups excluding carboxylic acids is 1. The number of amides is 2. The number of rotatable bonds is 1. The van der Waals surface area contributed by atoms with E-state index >= 15 is 0 Å². The molecule has 0 aliphatic carbocycles. The minimum Gasteiger partial charge on any atom is -0.411 e. The fourth-order valence-electron chi connectivity index (χ4n) is 1.61. The summed E-state index contributed by atoms with van der Waals surface area (Å²) in [5.41, 5.74) is 5.93. The molecule has 5 nitrogen and oxygen atoms in total. The van der Waals surface area contributed by atoms with Crippen LogP contribution in [0.4, 0.5) is 4.79 Å². The van der Waals surface area contributed by atoms with Crippen LogP contribution in [0.15, 0.2) is 5.16 Å². The Morgan fingerprint density at radius 1 is 1.85 bits per heavy atom. The van der Waals surface area contributed by atoms with Crippen molar-refractivity contribution in [3.8, 4) is 0 Å². The fraction of sp³-hybridized carbons (Fsp3) is 0.750. The number of likely N-dealkylation sites (tertiary alicyclic amines) is 1. The Balaban J connectivity index is 2.63. The summed E-state index contributed by atoms with van der Waals surface area (Å²) in [4.78, 5) is 12.4. The molecule has 0 saturated carbocycles. The van der Waals surface area contributed by atoms with Crippen LogP contribution in [0.5, 0.6) is 0 Å². The standard InChI is InChI=1S/C8H15N3O2/c1-2-6-5-11(8(9)12)4-3-7(6)10-13/h6,13H,2-5H2,1H3,(H2,9,12). The van der Waals surface area contributed by atoms with Crippen molar-refractivity contribution in [2.45, 2.75) is 19.8 Å². The van der Waals surface area contributed by atoms with E-state index in [0.29, 0.717) is 19.5 Å². The molecule has 2 amide bonds. The third kappa shape index (κ3) is 2.11. The van der Waals surface area contributed by atoms with Crippen LogP contribution in [-0.4, -0.2) is 34.9 Å². The summed E-state index contributed by atoms with van der Waals surface area (Å²) in [5.74, 6) is 0.159. The largest absolute Gasteiger partial charge is 0.411 e. The molecule has 1 aliphatic rings. The van der Waals surface area contributed by atoms with Gasteiger partial charge in [-0.3, -0.25) is 0 Å². The van der Waals surface area contributed by atoms with Gasteiger partial charge in [0.25, 0.3) is 0 Å². The second-order valence-corrected chi connectivity index (χ2v) is 3.23. The zero-order valence-corrected chi connectivity index (χ0v) is 7.73. The lowest BCUT2D eigenvalue weighted by Gasteiger charge is -2.31. The van der Waals surface area contributed by atoms with E-state index in [9.17, 15) is 4.79 Å². The Hall–Kier alpha value is -1.26. The zero-order valence-electron chi connectivity index (χ0n) is 7.73. The van der Waals surface area contributed by atoms with Crippen LogP contribution >= 0.6 is 0 Å². The highest BCUT2D eigenvalue weighted by molar-refractivity contribution is 5.88. The quantitative estimate of drug-likeness (QED) is 0.464. The van der Waals surface area contributed by atoms with Gasteiger partial charge in [0.05, 0.1) is 5.71 Å². The van der Waals surface area contributed by atoms with Gasteiger partial charge in [0.15, 0.2) is 0 Å². The van der Waals surface area contributed by atoms with Crippen LogP contribution in [0.3, 0.4) is 0 Å². The van der Waals surface area contributed by atoms with Crippen molar-refractivity contribution in [1.29, 1.82) is 0 Å². The molecule has 3 N–H and O–H groups in total. The van der Waals surface area contributed by atoms with Crippen LogP contribution in [0.1, 0.15) is 19.8 Å². The van der Waals surface area contributed by atoms with Gasteiger partial charge in [-0.25, -0.2) is 4.79 Å². The van der Waals surface area contributed by atoms with E-state index in [2.05, 4.69) is 5.16 Å².